The van der Waals surface area contributed by atoms with Gasteiger partial charge in [-0.2, -0.15) is 18.2 Å². The third-order valence-corrected chi connectivity index (χ3v) is 7.05. The van der Waals surface area contributed by atoms with Gasteiger partial charge in [0.05, 0.1) is 16.2 Å². The predicted molar refractivity (Wildman–Crippen MR) is 112 cm³/mol. The number of halogens is 5. The molecule has 0 saturated heterocycles. The molecular formula is C19H13ClF4N4O2S2. The Balaban J connectivity index is 1.49. The standard InChI is InChI=1S/C19H13ClF4N4O2S2/c20-12-3-1-11(2-4-12)17-26-18-28(27-17)13(10-31-18)7-8-25-32(29,30)14-5-6-16(21)15(9-14)19(22,23)24/h1-6,9-10,25H,7-8H2. The highest BCUT2D eigenvalue weighted by molar-refractivity contribution is 7.89. The minimum absolute atomic E-state index is 0.108. The molecule has 0 aliphatic carbocycles. The van der Waals surface area contributed by atoms with E-state index in [0.29, 0.717) is 27.6 Å². The maximum Gasteiger partial charge on any atom is 0.419 e. The third kappa shape index (κ3) is 4.63. The van der Waals surface area contributed by atoms with Gasteiger partial charge < -0.3 is 0 Å². The molecule has 0 saturated carbocycles. The first-order valence-electron chi connectivity index (χ1n) is 9.00. The van der Waals surface area contributed by atoms with Crippen molar-refractivity contribution in [1.29, 1.82) is 0 Å². The number of fused-ring (bicyclic) bond motifs is 1. The summed E-state index contributed by atoms with van der Waals surface area (Å²) in [7, 11) is -4.28. The van der Waals surface area contributed by atoms with Crippen molar-refractivity contribution in [2.75, 3.05) is 6.54 Å². The van der Waals surface area contributed by atoms with Crippen LogP contribution in [0.15, 0.2) is 52.7 Å². The zero-order valence-electron chi connectivity index (χ0n) is 15.9. The van der Waals surface area contributed by atoms with E-state index in [4.69, 9.17) is 11.6 Å². The van der Waals surface area contributed by atoms with Gasteiger partial charge in [0.25, 0.3) is 0 Å². The Labute approximate surface area is 188 Å². The summed E-state index contributed by atoms with van der Waals surface area (Å²) in [5.74, 6) is -1.07. The highest BCUT2D eigenvalue weighted by atomic mass is 35.5. The van der Waals surface area contributed by atoms with Gasteiger partial charge in [-0.1, -0.05) is 11.6 Å². The molecule has 0 fully saturated rings. The number of nitrogens with one attached hydrogen (secondary N) is 1. The van der Waals surface area contributed by atoms with Crippen LogP contribution >= 0.6 is 22.9 Å². The lowest BCUT2D eigenvalue weighted by molar-refractivity contribution is -0.140. The topological polar surface area (TPSA) is 76.4 Å². The lowest BCUT2D eigenvalue weighted by Crippen LogP contribution is -2.26. The van der Waals surface area contributed by atoms with Crippen LogP contribution in [0.25, 0.3) is 16.3 Å². The molecule has 0 unspecified atom stereocenters. The number of sulfonamides is 1. The van der Waals surface area contributed by atoms with Gasteiger partial charge in [-0.3, -0.25) is 0 Å². The SMILES string of the molecule is O=S(=O)(NCCc1csc2nc(-c3ccc(Cl)cc3)nn12)c1ccc(F)c(C(F)(F)F)c1. The quantitative estimate of drug-likeness (QED) is 0.383. The molecule has 1 N–H and O–H groups in total. The van der Waals surface area contributed by atoms with Gasteiger partial charge in [0, 0.05) is 28.9 Å². The fourth-order valence-electron chi connectivity index (χ4n) is 2.90. The molecule has 0 aliphatic heterocycles. The van der Waals surface area contributed by atoms with Gasteiger partial charge in [0.1, 0.15) is 5.82 Å². The van der Waals surface area contributed by atoms with Crippen LogP contribution in [-0.4, -0.2) is 29.6 Å². The maximum atomic E-state index is 13.4. The van der Waals surface area contributed by atoms with Crippen molar-refractivity contribution in [3.05, 3.63) is 69.9 Å². The molecule has 0 spiro atoms. The van der Waals surface area contributed by atoms with E-state index in [1.165, 1.54) is 11.3 Å². The van der Waals surface area contributed by atoms with Crippen LogP contribution in [0.4, 0.5) is 17.6 Å². The Bertz CT molecular complexity index is 1380. The smallest absolute Gasteiger partial charge is 0.211 e. The van der Waals surface area contributed by atoms with Gasteiger partial charge in [0.2, 0.25) is 15.0 Å². The number of benzene rings is 2. The van der Waals surface area contributed by atoms with Crippen molar-refractivity contribution in [2.45, 2.75) is 17.5 Å². The second-order valence-corrected chi connectivity index (χ2v) is 9.69. The second kappa shape index (κ2) is 8.43. The van der Waals surface area contributed by atoms with E-state index in [1.807, 2.05) is 0 Å². The van der Waals surface area contributed by atoms with Crippen molar-refractivity contribution in [1.82, 2.24) is 19.3 Å². The minimum atomic E-state index is -5.01. The van der Waals surface area contributed by atoms with Crippen molar-refractivity contribution in [3.63, 3.8) is 0 Å². The fourth-order valence-corrected chi connectivity index (χ4v) is 4.94. The van der Waals surface area contributed by atoms with Crippen molar-refractivity contribution >= 4 is 37.9 Å². The summed E-state index contributed by atoms with van der Waals surface area (Å²) in [6.07, 6.45) is -4.80. The number of thiazole rings is 1. The lowest BCUT2D eigenvalue weighted by Gasteiger charge is -2.11. The molecular weight excluding hydrogens is 492 g/mol. The van der Waals surface area contributed by atoms with Gasteiger partial charge >= 0.3 is 6.18 Å². The summed E-state index contributed by atoms with van der Waals surface area (Å²) >= 11 is 7.20. The van der Waals surface area contributed by atoms with Crippen molar-refractivity contribution in [3.8, 4) is 11.4 Å². The Morgan fingerprint density at radius 3 is 2.53 bits per heavy atom. The largest absolute Gasteiger partial charge is 0.419 e. The molecule has 2 aromatic carbocycles. The molecule has 0 atom stereocenters. The van der Waals surface area contributed by atoms with E-state index in [0.717, 1.165) is 11.6 Å². The van der Waals surface area contributed by atoms with E-state index in [9.17, 15) is 26.0 Å². The van der Waals surface area contributed by atoms with Gasteiger partial charge in [-0.15, -0.1) is 16.4 Å². The van der Waals surface area contributed by atoms with E-state index in [-0.39, 0.29) is 19.0 Å². The number of hydrogen-bond donors (Lipinski definition) is 1. The van der Waals surface area contributed by atoms with Gasteiger partial charge in [-0.05, 0) is 42.5 Å². The monoisotopic (exact) mass is 504 g/mol. The molecule has 0 radical (unpaired) electrons. The Morgan fingerprint density at radius 2 is 1.84 bits per heavy atom. The summed E-state index contributed by atoms with van der Waals surface area (Å²) in [6, 6.07) is 8.50. The Kier molecular flexibility index (Phi) is 5.96. The summed E-state index contributed by atoms with van der Waals surface area (Å²) in [4.78, 5) is 4.35. The fraction of sp³-hybridized carbons (Fsp3) is 0.158. The predicted octanol–water partition coefficient (Wildman–Crippen LogP) is 4.79. The molecule has 2 heterocycles. The average Bonchev–Trinajstić information content (AvgIpc) is 3.29. The molecule has 0 amide bonds. The third-order valence-electron chi connectivity index (χ3n) is 4.48. The normalized spacial score (nSPS) is 12.5. The molecule has 4 rings (SSSR count). The number of rotatable bonds is 6. The van der Waals surface area contributed by atoms with Crippen molar-refractivity contribution < 1.29 is 26.0 Å². The van der Waals surface area contributed by atoms with E-state index < -0.39 is 32.5 Å². The van der Waals surface area contributed by atoms with Gasteiger partial charge in [0.15, 0.2) is 5.82 Å². The maximum absolute atomic E-state index is 13.4. The second-order valence-electron chi connectivity index (χ2n) is 6.65. The molecule has 32 heavy (non-hydrogen) atoms. The summed E-state index contributed by atoms with van der Waals surface area (Å²) in [6.45, 7) is -0.108. The summed E-state index contributed by atoms with van der Waals surface area (Å²) < 4.78 is 80.6. The summed E-state index contributed by atoms with van der Waals surface area (Å²) in [5.41, 5.74) is -0.221. The Hall–Kier alpha value is -2.54. The number of alkyl halides is 3. The molecule has 2 aromatic heterocycles. The van der Waals surface area contributed by atoms with Crippen LogP contribution in [0.5, 0.6) is 0 Å². The van der Waals surface area contributed by atoms with Crippen LogP contribution < -0.4 is 4.72 Å². The highest BCUT2D eigenvalue weighted by Crippen LogP contribution is 2.32. The van der Waals surface area contributed by atoms with Crippen molar-refractivity contribution in [2.24, 2.45) is 0 Å². The number of aromatic nitrogens is 3. The van der Waals surface area contributed by atoms with Crippen LogP contribution in [0.2, 0.25) is 5.02 Å². The van der Waals surface area contributed by atoms with Gasteiger partial charge in [-0.25, -0.2) is 22.0 Å². The number of hydrogen-bond acceptors (Lipinski definition) is 5. The van der Waals surface area contributed by atoms with E-state index in [1.54, 1.807) is 34.2 Å². The molecule has 168 valence electrons. The summed E-state index contributed by atoms with van der Waals surface area (Å²) in [5, 5.41) is 6.76. The van der Waals surface area contributed by atoms with Crippen LogP contribution in [0.1, 0.15) is 11.3 Å². The van der Waals surface area contributed by atoms with Crippen LogP contribution in [-0.2, 0) is 22.6 Å². The Morgan fingerprint density at radius 1 is 1.12 bits per heavy atom. The van der Waals surface area contributed by atoms with E-state index in [2.05, 4.69) is 14.8 Å². The average molecular weight is 505 g/mol. The number of nitrogens with zero attached hydrogens (tertiary/aromatic N) is 3. The molecule has 6 nitrogen and oxygen atoms in total. The van der Waals surface area contributed by atoms with Crippen LogP contribution in [0.3, 0.4) is 0 Å². The molecule has 0 bridgehead atoms. The lowest BCUT2D eigenvalue weighted by atomic mass is 10.2. The first kappa shape index (κ1) is 22.6. The first-order chi connectivity index (χ1) is 15.0. The zero-order chi connectivity index (χ0) is 23.1. The minimum Gasteiger partial charge on any atom is -0.211 e. The van der Waals surface area contributed by atoms with E-state index >= 15 is 0 Å². The first-order valence-corrected chi connectivity index (χ1v) is 11.7. The molecule has 0 aliphatic rings. The van der Waals surface area contributed by atoms with Crippen LogP contribution in [0, 0.1) is 5.82 Å². The zero-order valence-corrected chi connectivity index (χ0v) is 18.3. The highest BCUT2D eigenvalue weighted by Gasteiger charge is 2.35. The molecule has 4 aromatic rings. The molecule has 13 heteroatoms.